The van der Waals surface area contributed by atoms with Gasteiger partial charge in [0.1, 0.15) is 24.5 Å². The highest BCUT2D eigenvalue weighted by molar-refractivity contribution is 5.94. The van der Waals surface area contributed by atoms with Crippen molar-refractivity contribution in [3.05, 3.63) is 71.8 Å². The molecule has 0 unspecified atom stereocenters. The van der Waals surface area contributed by atoms with Crippen LogP contribution >= 0.6 is 0 Å². The maximum atomic E-state index is 13.2. The number of alkyl carbamates (subject to hydrolysis) is 1. The summed E-state index contributed by atoms with van der Waals surface area (Å²) in [6.45, 7) is 0.0493. The maximum absolute atomic E-state index is 13.2. The number of hydrogen-bond donors (Lipinski definition) is 2. The van der Waals surface area contributed by atoms with Crippen molar-refractivity contribution in [3.8, 4) is 0 Å². The summed E-state index contributed by atoms with van der Waals surface area (Å²) in [6, 6.07) is 16.2. The Labute approximate surface area is 199 Å². The van der Waals surface area contributed by atoms with Crippen LogP contribution in [0.3, 0.4) is 0 Å². The fraction of sp³-hybridized carbons (Fsp3) is 0.385. The number of ether oxygens (including phenoxy) is 2. The van der Waals surface area contributed by atoms with Gasteiger partial charge in [-0.05, 0) is 24.0 Å². The van der Waals surface area contributed by atoms with Crippen molar-refractivity contribution in [1.82, 2.24) is 10.6 Å². The van der Waals surface area contributed by atoms with Gasteiger partial charge in [-0.25, -0.2) is 9.59 Å². The van der Waals surface area contributed by atoms with Gasteiger partial charge in [0, 0.05) is 18.8 Å². The standard InChI is InChI=1S/C26H30N2O6/c1-33-25(31)23(20-14-8-9-15-22(20)29)28-24(30)21(16-18-10-4-2-5-11-18)27-26(32)34-17-19-12-6-3-7-13-19/h2-7,10-13,20-21,23H,8-9,14-17H2,1H3,(H,27,32)(H,28,30)/t20-,21+,23-/m0/s1. The Hall–Kier alpha value is -3.68. The summed E-state index contributed by atoms with van der Waals surface area (Å²) in [4.78, 5) is 50.6. The van der Waals surface area contributed by atoms with Crippen LogP contribution in [0.25, 0.3) is 0 Å². The second-order valence-corrected chi connectivity index (χ2v) is 8.28. The van der Waals surface area contributed by atoms with E-state index in [1.165, 1.54) is 7.11 Å². The molecule has 0 saturated heterocycles. The lowest BCUT2D eigenvalue weighted by atomic mass is 9.82. The number of methoxy groups -OCH3 is 1. The van der Waals surface area contributed by atoms with E-state index < -0.39 is 36.0 Å². The second kappa shape index (κ2) is 12.5. The number of amides is 2. The van der Waals surface area contributed by atoms with Gasteiger partial charge in [-0.2, -0.15) is 0 Å². The summed E-state index contributed by atoms with van der Waals surface area (Å²) in [5.41, 5.74) is 1.62. The van der Waals surface area contributed by atoms with Crippen molar-refractivity contribution in [2.24, 2.45) is 5.92 Å². The van der Waals surface area contributed by atoms with Crippen LogP contribution in [-0.4, -0.2) is 42.9 Å². The minimum atomic E-state index is -1.11. The minimum Gasteiger partial charge on any atom is -0.467 e. The smallest absolute Gasteiger partial charge is 0.408 e. The Morgan fingerprint density at radius 3 is 2.21 bits per heavy atom. The van der Waals surface area contributed by atoms with Gasteiger partial charge < -0.3 is 20.1 Å². The third-order valence-electron chi connectivity index (χ3n) is 5.86. The van der Waals surface area contributed by atoms with Crippen LogP contribution in [0, 0.1) is 5.92 Å². The molecule has 8 heteroatoms. The molecule has 8 nitrogen and oxygen atoms in total. The first-order valence-corrected chi connectivity index (χ1v) is 11.4. The SMILES string of the molecule is COC(=O)[C@@H](NC(=O)[C@@H](Cc1ccccc1)NC(=O)OCc1ccccc1)[C@H]1CCCCC1=O. The number of ketones is 1. The van der Waals surface area contributed by atoms with E-state index in [2.05, 4.69) is 10.6 Å². The van der Waals surface area contributed by atoms with Gasteiger partial charge in [-0.3, -0.25) is 9.59 Å². The highest BCUT2D eigenvalue weighted by Gasteiger charge is 2.38. The van der Waals surface area contributed by atoms with E-state index >= 15 is 0 Å². The van der Waals surface area contributed by atoms with Crippen LogP contribution in [0.4, 0.5) is 4.79 Å². The van der Waals surface area contributed by atoms with Crippen LogP contribution < -0.4 is 10.6 Å². The molecule has 3 atom stereocenters. The van der Waals surface area contributed by atoms with Crippen LogP contribution in [0.15, 0.2) is 60.7 Å². The molecule has 34 heavy (non-hydrogen) atoms. The molecule has 0 aromatic heterocycles. The predicted octanol–water partition coefficient (Wildman–Crippen LogP) is 2.94. The van der Waals surface area contributed by atoms with Gasteiger partial charge in [0.15, 0.2) is 0 Å². The Morgan fingerprint density at radius 1 is 0.941 bits per heavy atom. The van der Waals surface area contributed by atoms with E-state index in [9.17, 15) is 19.2 Å². The Kier molecular flexibility index (Phi) is 9.20. The molecule has 2 amide bonds. The zero-order valence-corrected chi connectivity index (χ0v) is 19.2. The van der Waals surface area contributed by atoms with Gasteiger partial charge in [0.25, 0.3) is 0 Å². The zero-order chi connectivity index (χ0) is 24.3. The minimum absolute atomic E-state index is 0.0493. The number of carbonyl (C=O) groups excluding carboxylic acids is 4. The first-order valence-electron chi connectivity index (χ1n) is 11.4. The summed E-state index contributed by atoms with van der Waals surface area (Å²) in [5, 5.41) is 5.26. The van der Waals surface area contributed by atoms with Gasteiger partial charge in [-0.15, -0.1) is 0 Å². The number of carbonyl (C=O) groups is 4. The van der Waals surface area contributed by atoms with Crippen molar-refractivity contribution < 1.29 is 28.7 Å². The number of esters is 1. The molecular weight excluding hydrogens is 436 g/mol. The molecule has 0 bridgehead atoms. The molecule has 180 valence electrons. The molecule has 2 aromatic carbocycles. The third kappa shape index (κ3) is 7.16. The zero-order valence-electron chi connectivity index (χ0n) is 19.2. The third-order valence-corrected chi connectivity index (χ3v) is 5.86. The Bertz CT molecular complexity index is 979. The molecular formula is C26H30N2O6. The van der Waals surface area contributed by atoms with Gasteiger partial charge in [-0.1, -0.05) is 67.1 Å². The first-order chi connectivity index (χ1) is 16.5. The highest BCUT2D eigenvalue weighted by atomic mass is 16.5. The van der Waals surface area contributed by atoms with Crippen LogP contribution in [0.1, 0.15) is 36.8 Å². The van der Waals surface area contributed by atoms with Crippen molar-refractivity contribution >= 4 is 23.8 Å². The van der Waals surface area contributed by atoms with Crippen LogP contribution in [-0.2, 0) is 36.9 Å². The average molecular weight is 467 g/mol. The van der Waals surface area contributed by atoms with E-state index in [1.54, 1.807) is 0 Å². The lowest BCUT2D eigenvalue weighted by Gasteiger charge is -2.29. The molecule has 2 N–H and O–H groups in total. The molecule has 0 spiro atoms. The summed E-state index contributed by atoms with van der Waals surface area (Å²) < 4.78 is 10.1. The Morgan fingerprint density at radius 2 is 1.59 bits per heavy atom. The van der Waals surface area contributed by atoms with E-state index in [0.717, 1.165) is 24.0 Å². The molecule has 0 aliphatic heterocycles. The fourth-order valence-corrected chi connectivity index (χ4v) is 4.03. The molecule has 1 saturated carbocycles. The molecule has 1 aliphatic carbocycles. The fourth-order valence-electron chi connectivity index (χ4n) is 4.03. The lowest BCUT2D eigenvalue weighted by molar-refractivity contribution is -0.149. The maximum Gasteiger partial charge on any atom is 0.408 e. The summed E-state index contributed by atoms with van der Waals surface area (Å²) in [5.74, 6) is -1.99. The summed E-state index contributed by atoms with van der Waals surface area (Å²) in [7, 11) is 1.22. The number of rotatable bonds is 9. The van der Waals surface area contributed by atoms with Crippen molar-refractivity contribution in [3.63, 3.8) is 0 Å². The number of Topliss-reactive ketones (excluding diaryl/α,β-unsaturated/α-hetero) is 1. The van der Waals surface area contributed by atoms with Gasteiger partial charge >= 0.3 is 12.1 Å². The number of benzene rings is 2. The number of nitrogens with one attached hydrogen (secondary N) is 2. The van der Waals surface area contributed by atoms with Crippen molar-refractivity contribution in [2.75, 3.05) is 7.11 Å². The monoisotopic (exact) mass is 466 g/mol. The van der Waals surface area contributed by atoms with Crippen molar-refractivity contribution in [1.29, 1.82) is 0 Å². The van der Waals surface area contributed by atoms with E-state index in [-0.39, 0.29) is 18.8 Å². The predicted molar refractivity (Wildman–Crippen MR) is 125 cm³/mol. The quantitative estimate of drug-likeness (QED) is 0.550. The highest BCUT2D eigenvalue weighted by Crippen LogP contribution is 2.24. The normalized spacial score (nSPS) is 17.2. The second-order valence-electron chi connectivity index (χ2n) is 8.28. The van der Waals surface area contributed by atoms with E-state index in [1.807, 2.05) is 60.7 Å². The van der Waals surface area contributed by atoms with Gasteiger partial charge in [0.2, 0.25) is 5.91 Å². The largest absolute Gasteiger partial charge is 0.467 e. The average Bonchev–Trinajstić information content (AvgIpc) is 2.87. The lowest BCUT2D eigenvalue weighted by Crippen LogP contribution is -2.56. The summed E-state index contributed by atoms with van der Waals surface area (Å²) >= 11 is 0. The van der Waals surface area contributed by atoms with Crippen molar-refractivity contribution in [2.45, 2.75) is 50.8 Å². The summed E-state index contributed by atoms with van der Waals surface area (Å²) in [6.07, 6.45) is 1.84. The first kappa shape index (κ1) is 25.0. The molecule has 0 heterocycles. The van der Waals surface area contributed by atoms with Crippen LogP contribution in [0.2, 0.25) is 0 Å². The molecule has 2 aromatic rings. The van der Waals surface area contributed by atoms with E-state index in [0.29, 0.717) is 12.8 Å². The van der Waals surface area contributed by atoms with E-state index in [4.69, 9.17) is 9.47 Å². The number of hydrogen-bond acceptors (Lipinski definition) is 6. The van der Waals surface area contributed by atoms with Gasteiger partial charge in [0.05, 0.1) is 7.11 Å². The molecule has 1 fully saturated rings. The molecule has 0 radical (unpaired) electrons. The topological polar surface area (TPSA) is 111 Å². The molecule has 1 aliphatic rings. The molecule has 3 rings (SSSR count). The Balaban J connectivity index is 1.72. The van der Waals surface area contributed by atoms with Crippen LogP contribution in [0.5, 0.6) is 0 Å².